The SMILES string of the molecule is NC(Cc1ccc(O)c(O)c1)C(=O)O.O=C(O)[C@H](Cc1ccccc1)N(O)O. The van der Waals surface area contributed by atoms with E-state index in [2.05, 4.69) is 0 Å². The van der Waals surface area contributed by atoms with E-state index in [0.717, 1.165) is 5.56 Å². The summed E-state index contributed by atoms with van der Waals surface area (Å²) in [5.41, 5.74) is 6.59. The lowest BCUT2D eigenvalue weighted by atomic mass is 10.1. The van der Waals surface area contributed by atoms with Crippen LogP contribution in [0.5, 0.6) is 11.5 Å². The van der Waals surface area contributed by atoms with Crippen LogP contribution in [-0.2, 0) is 22.4 Å². The fraction of sp³-hybridized carbons (Fsp3) is 0.222. The Hall–Kier alpha value is -3.18. The normalized spacial score (nSPS) is 12.6. The molecule has 2 aromatic carbocycles. The maximum Gasteiger partial charge on any atom is 0.326 e. The van der Waals surface area contributed by atoms with Gasteiger partial charge < -0.3 is 26.2 Å². The summed E-state index contributed by atoms with van der Waals surface area (Å²) in [7, 11) is 0. The van der Waals surface area contributed by atoms with Gasteiger partial charge in [0.15, 0.2) is 17.5 Å². The summed E-state index contributed by atoms with van der Waals surface area (Å²) in [6, 6.07) is 10.5. The monoisotopic (exact) mass is 394 g/mol. The van der Waals surface area contributed by atoms with Crippen molar-refractivity contribution < 1.29 is 40.4 Å². The minimum atomic E-state index is -1.34. The Morgan fingerprint density at radius 2 is 1.46 bits per heavy atom. The van der Waals surface area contributed by atoms with Crippen LogP contribution in [0.25, 0.3) is 0 Å². The number of hydrogen-bond acceptors (Lipinski definition) is 8. The molecule has 28 heavy (non-hydrogen) atoms. The maximum absolute atomic E-state index is 10.6. The van der Waals surface area contributed by atoms with E-state index in [-0.39, 0.29) is 29.6 Å². The minimum absolute atomic E-state index is 0.0448. The van der Waals surface area contributed by atoms with Gasteiger partial charge in [-0.15, -0.1) is 0 Å². The Morgan fingerprint density at radius 1 is 0.857 bits per heavy atom. The molecule has 0 fully saturated rings. The molecule has 0 aliphatic heterocycles. The van der Waals surface area contributed by atoms with Gasteiger partial charge in [0.1, 0.15) is 6.04 Å². The number of aromatic hydroxyl groups is 2. The standard InChI is InChI=1S/2C9H11NO4/c10-6(9(13)14)3-5-1-2-7(11)8(12)4-5;11-9(12)8(10(13)14)6-7-4-2-1-3-5-7/h1-2,4,6,11-12H,3,10H2,(H,13,14);1-5,8,13-14H,6H2,(H,11,12)/t;8-/m.0/s1. The Labute approximate surface area is 160 Å². The fourth-order valence-electron chi connectivity index (χ4n) is 2.14. The van der Waals surface area contributed by atoms with E-state index in [1.165, 1.54) is 18.2 Å². The van der Waals surface area contributed by atoms with Crippen LogP contribution in [0, 0.1) is 0 Å². The van der Waals surface area contributed by atoms with Crippen LogP contribution in [0.15, 0.2) is 48.5 Å². The van der Waals surface area contributed by atoms with Crippen molar-refractivity contribution in [3.05, 3.63) is 59.7 Å². The lowest BCUT2D eigenvalue weighted by Gasteiger charge is -2.15. The molecule has 0 aliphatic rings. The first kappa shape index (κ1) is 22.9. The molecule has 0 spiro atoms. The summed E-state index contributed by atoms with van der Waals surface area (Å²) in [5.74, 6) is -2.89. The molecule has 8 N–H and O–H groups in total. The first-order valence-electron chi connectivity index (χ1n) is 8.04. The molecule has 0 saturated heterocycles. The fourth-order valence-corrected chi connectivity index (χ4v) is 2.14. The minimum Gasteiger partial charge on any atom is -0.504 e. The number of carbonyl (C=O) groups is 2. The number of rotatable bonds is 7. The number of phenolic OH excluding ortho intramolecular Hbond substituents is 2. The van der Waals surface area contributed by atoms with Crippen LogP contribution < -0.4 is 5.73 Å². The van der Waals surface area contributed by atoms with Gasteiger partial charge in [-0.05, 0) is 29.7 Å². The van der Waals surface area contributed by atoms with Crippen LogP contribution >= 0.6 is 0 Å². The third kappa shape index (κ3) is 7.60. The van der Waals surface area contributed by atoms with Gasteiger partial charge in [0, 0.05) is 6.42 Å². The van der Waals surface area contributed by atoms with Crippen LogP contribution in [0.1, 0.15) is 11.1 Å². The van der Waals surface area contributed by atoms with Gasteiger partial charge in [0.05, 0.1) is 0 Å². The lowest BCUT2D eigenvalue weighted by molar-refractivity contribution is -0.327. The van der Waals surface area contributed by atoms with Gasteiger partial charge in [-0.3, -0.25) is 20.0 Å². The Balaban J connectivity index is 0.000000280. The molecule has 10 heteroatoms. The maximum atomic E-state index is 10.6. The van der Waals surface area contributed by atoms with Gasteiger partial charge >= 0.3 is 11.9 Å². The molecule has 0 heterocycles. The Kier molecular flexibility index (Phi) is 8.85. The highest BCUT2D eigenvalue weighted by Crippen LogP contribution is 2.25. The van der Waals surface area contributed by atoms with Crippen molar-refractivity contribution in [2.75, 3.05) is 0 Å². The zero-order valence-electron chi connectivity index (χ0n) is 14.7. The average Bonchev–Trinajstić information content (AvgIpc) is 2.63. The quantitative estimate of drug-likeness (QED) is 0.262. The molecule has 0 saturated carbocycles. The first-order valence-corrected chi connectivity index (χ1v) is 8.04. The smallest absolute Gasteiger partial charge is 0.326 e. The topological polar surface area (TPSA) is 185 Å². The van der Waals surface area contributed by atoms with Crippen molar-refractivity contribution in [3.63, 3.8) is 0 Å². The highest BCUT2D eigenvalue weighted by atomic mass is 16.8. The van der Waals surface area contributed by atoms with Crippen LogP contribution in [0.3, 0.4) is 0 Å². The summed E-state index contributed by atoms with van der Waals surface area (Å²) >= 11 is 0. The molecule has 0 bridgehead atoms. The number of benzene rings is 2. The van der Waals surface area contributed by atoms with Gasteiger partial charge in [0.2, 0.25) is 0 Å². The zero-order chi connectivity index (χ0) is 21.3. The van der Waals surface area contributed by atoms with Gasteiger partial charge in [-0.1, -0.05) is 41.6 Å². The van der Waals surface area contributed by atoms with Crippen LogP contribution in [-0.4, -0.2) is 60.1 Å². The zero-order valence-corrected chi connectivity index (χ0v) is 14.7. The second-order valence-corrected chi connectivity index (χ2v) is 5.84. The van der Waals surface area contributed by atoms with E-state index in [1.54, 1.807) is 30.3 Å². The summed E-state index contributed by atoms with van der Waals surface area (Å²) in [5, 5.41) is 52.3. The van der Waals surface area contributed by atoms with E-state index in [1.807, 2.05) is 0 Å². The third-order valence-corrected chi connectivity index (χ3v) is 3.65. The lowest BCUT2D eigenvalue weighted by Crippen LogP contribution is -2.38. The summed E-state index contributed by atoms with van der Waals surface area (Å²) in [6.07, 6.45) is 0.159. The number of nitrogens with zero attached hydrogens (tertiary/aromatic N) is 1. The van der Waals surface area contributed by atoms with Crippen molar-refractivity contribution in [1.82, 2.24) is 5.23 Å². The molecular weight excluding hydrogens is 372 g/mol. The molecule has 2 atom stereocenters. The van der Waals surface area contributed by atoms with E-state index in [9.17, 15) is 9.59 Å². The molecule has 2 aromatic rings. The van der Waals surface area contributed by atoms with Gasteiger partial charge in [-0.2, -0.15) is 0 Å². The number of carboxylic acid groups (broad SMARTS) is 2. The summed E-state index contributed by atoms with van der Waals surface area (Å²) in [4.78, 5) is 21.0. The van der Waals surface area contributed by atoms with E-state index < -0.39 is 24.0 Å². The average molecular weight is 394 g/mol. The third-order valence-electron chi connectivity index (χ3n) is 3.65. The van der Waals surface area contributed by atoms with Crippen molar-refractivity contribution in [2.45, 2.75) is 24.9 Å². The van der Waals surface area contributed by atoms with Gasteiger partial charge in [-0.25, -0.2) is 0 Å². The molecule has 0 amide bonds. The molecule has 0 aromatic heterocycles. The largest absolute Gasteiger partial charge is 0.504 e. The van der Waals surface area contributed by atoms with E-state index in [0.29, 0.717) is 5.56 Å². The molecular formula is C18H22N2O8. The predicted octanol–water partition coefficient (Wildman–Crippen LogP) is 0.815. The van der Waals surface area contributed by atoms with Crippen molar-refractivity contribution >= 4 is 11.9 Å². The first-order chi connectivity index (χ1) is 13.1. The molecule has 152 valence electrons. The molecule has 2 rings (SSSR count). The Bertz CT molecular complexity index is 782. The number of nitrogens with two attached hydrogens (primary N) is 1. The van der Waals surface area contributed by atoms with Crippen molar-refractivity contribution in [1.29, 1.82) is 0 Å². The van der Waals surface area contributed by atoms with E-state index in [4.69, 9.17) is 36.6 Å². The van der Waals surface area contributed by atoms with E-state index >= 15 is 0 Å². The van der Waals surface area contributed by atoms with Crippen molar-refractivity contribution in [2.24, 2.45) is 5.73 Å². The Morgan fingerprint density at radius 3 is 1.93 bits per heavy atom. The second kappa shape index (κ2) is 10.8. The number of hydroxylamine groups is 2. The summed E-state index contributed by atoms with van der Waals surface area (Å²) < 4.78 is 0. The summed E-state index contributed by atoms with van der Waals surface area (Å²) in [6.45, 7) is 0. The number of hydrogen-bond donors (Lipinski definition) is 7. The molecule has 0 aliphatic carbocycles. The van der Waals surface area contributed by atoms with Crippen LogP contribution in [0.4, 0.5) is 0 Å². The number of aliphatic carboxylic acids is 2. The predicted molar refractivity (Wildman–Crippen MR) is 96.1 cm³/mol. The van der Waals surface area contributed by atoms with Crippen LogP contribution in [0.2, 0.25) is 0 Å². The van der Waals surface area contributed by atoms with Crippen molar-refractivity contribution in [3.8, 4) is 11.5 Å². The van der Waals surface area contributed by atoms with Gasteiger partial charge in [0.25, 0.3) is 0 Å². The molecule has 10 nitrogen and oxygen atoms in total. The highest BCUT2D eigenvalue weighted by molar-refractivity contribution is 5.74. The molecule has 1 unspecified atom stereocenters. The number of phenols is 2. The number of carboxylic acids is 2. The molecule has 0 radical (unpaired) electrons. The second-order valence-electron chi connectivity index (χ2n) is 5.84. The highest BCUT2D eigenvalue weighted by Gasteiger charge is 2.23.